The van der Waals surface area contributed by atoms with Gasteiger partial charge < -0.3 is 20.1 Å². The predicted molar refractivity (Wildman–Crippen MR) is 108 cm³/mol. The summed E-state index contributed by atoms with van der Waals surface area (Å²) in [5.41, 5.74) is 1.12. The van der Waals surface area contributed by atoms with Crippen molar-refractivity contribution in [2.75, 3.05) is 26.7 Å². The highest BCUT2D eigenvalue weighted by Crippen LogP contribution is 2.18. The number of rotatable bonds is 9. The van der Waals surface area contributed by atoms with Crippen LogP contribution in [0, 0.1) is 6.92 Å². The monoisotopic (exact) mass is 376 g/mol. The molecule has 1 unspecified atom stereocenters. The molecule has 2 aromatic rings. The number of methoxy groups -OCH3 is 1. The Morgan fingerprint density at radius 3 is 2.58 bits per heavy atom. The highest BCUT2D eigenvalue weighted by atomic mass is 32.1. The largest absolute Gasteiger partial charge is 0.497 e. The topological polar surface area (TPSA) is 67.8 Å². The fourth-order valence-corrected chi connectivity index (χ4v) is 2.96. The van der Waals surface area contributed by atoms with Gasteiger partial charge in [-0.25, -0.2) is 9.98 Å². The fraction of sp³-hybridized carbons (Fsp3) is 0.474. The van der Waals surface area contributed by atoms with E-state index in [1.54, 1.807) is 18.4 Å². The lowest BCUT2D eigenvalue weighted by Crippen LogP contribution is -2.39. The minimum Gasteiger partial charge on any atom is -0.497 e. The van der Waals surface area contributed by atoms with Crippen LogP contribution in [0.5, 0.6) is 11.5 Å². The first-order valence-electron chi connectivity index (χ1n) is 8.84. The zero-order valence-corrected chi connectivity index (χ0v) is 16.7. The Hall–Kier alpha value is -2.28. The first kappa shape index (κ1) is 20.0. The molecule has 0 fully saturated rings. The molecule has 0 aliphatic heterocycles. The van der Waals surface area contributed by atoms with Gasteiger partial charge in [-0.2, -0.15) is 0 Å². The number of aryl methyl sites for hydroxylation is 1. The Balaban J connectivity index is 1.80. The van der Waals surface area contributed by atoms with Crippen LogP contribution in [0.25, 0.3) is 0 Å². The summed E-state index contributed by atoms with van der Waals surface area (Å²) in [5.74, 6) is 2.42. The molecule has 0 bridgehead atoms. The number of guanidine groups is 1. The molecule has 2 rings (SSSR count). The molecule has 0 aliphatic rings. The van der Waals surface area contributed by atoms with Gasteiger partial charge in [0.05, 0.1) is 24.4 Å². The van der Waals surface area contributed by atoms with E-state index < -0.39 is 0 Å². The van der Waals surface area contributed by atoms with Crippen LogP contribution >= 0.6 is 11.3 Å². The van der Waals surface area contributed by atoms with Crippen LogP contribution in [0.1, 0.15) is 24.5 Å². The number of ether oxygens (including phenoxy) is 2. The van der Waals surface area contributed by atoms with Crippen molar-refractivity contribution < 1.29 is 9.47 Å². The van der Waals surface area contributed by atoms with Crippen molar-refractivity contribution in [2.24, 2.45) is 4.99 Å². The van der Waals surface area contributed by atoms with E-state index in [1.165, 1.54) is 0 Å². The van der Waals surface area contributed by atoms with Crippen LogP contribution in [-0.2, 0) is 6.42 Å². The maximum absolute atomic E-state index is 5.89. The van der Waals surface area contributed by atoms with Gasteiger partial charge in [-0.15, -0.1) is 11.3 Å². The fourth-order valence-electron chi connectivity index (χ4n) is 2.32. The first-order chi connectivity index (χ1) is 12.6. The highest BCUT2D eigenvalue weighted by molar-refractivity contribution is 7.09. The van der Waals surface area contributed by atoms with Gasteiger partial charge in [0.25, 0.3) is 0 Å². The SMILES string of the molecule is CCNC(=NCC(C)Oc1ccc(OC)cc1)NCCc1csc(C)n1. The number of aliphatic imine (C=N–C) groups is 1. The van der Waals surface area contributed by atoms with Gasteiger partial charge in [0.2, 0.25) is 0 Å². The molecule has 26 heavy (non-hydrogen) atoms. The van der Waals surface area contributed by atoms with Gasteiger partial charge >= 0.3 is 0 Å². The standard InChI is InChI=1S/C19H28N4O2S/c1-5-20-19(21-11-10-16-13-26-15(3)23-16)22-12-14(2)25-18-8-6-17(24-4)7-9-18/h6-9,13-14H,5,10-12H2,1-4H3,(H2,20,21,22). The summed E-state index contributed by atoms with van der Waals surface area (Å²) in [7, 11) is 1.65. The molecule has 0 radical (unpaired) electrons. The third-order valence-corrected chi connectivity index (χ3v) is 4.41. The number of aromatic nitrogens is 1. The summed E-state index contributed by atoms with van der Waals surface area (Å²) >= 11 is 1.68. The van der Waals surface area contributed by atoms with Gasteiger partial charge in [-0.1, -0.05) is 0 Å². The van der Waals surface area contributed by atoms with E-state index in [4.69, 9.17) is 9.47 Å². The summed E-state index contributed by atoms with van der Waals surface area (Å²) in [4.78, 5) is 9.08. The van der Waals surface area contributed by atoms with Crippen LogP contribution in [0.4, 0.5) is 0 Å². The molecule has 1 aromatic carbocycles. The Morgan fingerprint density at radius 1 is 1.23 bits per heavy atom. The van der Waals surface area contributed by atoms with Crippen molar-refractivity contribution in [3.63, 3.8) is 0 Å². The van der Waals surface area contributed by atoms with E-state index in [0.717, 1.165) is 47.7 Å². The van der Waals surface area contributed by atoms with Crippen LogP contribution < -0.4 is 20.1 Å². The van der Waals surface area contributed by atoms with Crippen molar-refractivity contribution in [1.82, 2.24) is 15.6 Å². The normalized spacial score (nSPS) is 12.5. The number of benzene rings is 1. The predicted octanol–water partition coefficient (Wildman–Crippen LogP) is 3.03. The molecule has 142 valence electrons. The summed E-state index contributed by atoms with van der Waals surface area (Å²) in [5, 5.41) is 9.81. The van der Waals surface area contributed by atoms with E-state index in [0.29, 0.717) is 6.54 Å². The lowest BCUT2D eigenvalue weighted by atomic mass is 10.3. The molecule has 7 heteroatoms. The summed E-state index contributed by atoms with van der Waals surface area (Å²) in [6.45, 7) is 8.26. The summed E-state index contributed by atoms with van der Waals surface area (Å²) in [6, 6.07) is 7.57. The van der Waals surface area contributed by atoms with Crippen LogP contribution in [0.3, 0.4) is 0 Å². The smallest absolute Gasteiger partial charge is 0.191 e. The van der Waals surface area contributed by atoms with Gasteiger partial charge in [0, 0.05) is 24.9 Å². The maximum atomic E-state index is 5.89. The number of thiazole rings is 1. The van der Waals surface area contributed by atoms with Crippen molar-refractivity contribution in [3.8, 4) is 11.5 Å². The molecule has 0 saturated heterocycles. The van der Waals surface area contributed by atoms with E-state index >= 15 is 0 Å². The quantitative estimate of drug-likeness (QED) is 0.520. The zero-order chi connectivity index (χ0) is 18.8. The third kappa shape index (κ3) is 6.92. The summed E-state index contributed by atoms with van der Waals surface area (Å²) < 4.78 is 11.0. The lowest BCUT2D eigenvalue weighted by Gasteiger charge is -2.15. The maximum Gasteiger partial charge on any atom is 0.191 e. The van der Waals surface area contributed by atoms with Crippen molar-refractivity contribution >= 4 is 17.3 Å². The van der Waals surface area contributed by atoms with Crippen molar-refractivity contribution in [1.29, 1.82) is 0 Å². The summed E-state index contributed by atoms with van der Waals surface area (Å²) in [6.07, 6.45) is 0.854. The molecule has 0 aliphatic carbocycles. The Kier molecular flexibility index (Phi) is 8.21. The average molecular weight is 377 g/mol. The minimum absolute atomic E-state index is 0.0277. The second-order valence-electron chi connectivity index (χ2n) is 5.86. The molecule has 1 aromatic heterocycles. The number of hydrogen-bond donors (Lipinski definition) is 2. The lowest BCUT2D eigenvalue weighted by molar-refractivity contribution is 0.230. The average Bonchev–Trinajstić information content (AvgIpc) is 3.05. The Bertz CT molecular complexity index is 685. The van der Waals surface area contributed by atoms with E-state index in [9.17, 15) is 0 Å². The zero-order valence-electron chi connectivity index (χ0n) is 15.9. The van der Waals surface area contributed by atoms with Crippen molar-refractivity contribution in [2.45, 2.75) is 33.3 Å². The molecule has 6 nitrogen and oxygen atoms in total. The molecule has 0 amide bonds. The van der Waals surface area contributed by atoms with Crippen LogP contribution in [-0.4, -0.2) is 43.8 Å². The Labute approximate surface area is 159 Å². The van der Waals surface area contributed by atoms with Gasteiger partial charge in [0.1, 0.15) is 17.6 Å². The molecule has 2 N–H and O–H groups in total. The third-order valence-electron chi connectivity index (χ3n) is 3.59. The molecule has 1 atom stereocenters. The van der Waals surface area contributed by atoms with E-state index in [-0.39, 0.29) is 6.10 Å². The van der Waals surface area contributed by atoms with E-state index in [1.807, 2.05) is 38.1 Å². The second-order valence-corrected chi connectivity index (χ2v) is 6.92. The Morgan fingerprint density at radius 2 is 1.96 bits per heavy atom. The second kappa shape index (κ2) is 10.7. The number of nitrogens with zero attached hydrogens (tertiary/aromatic N) is 2. The van der Waals surface area contributed by atoms with Gasteiger partial charge in [-0.3, -0.25) is 0 Å². The molecule has 1 heterocycles. The van der Waals surface area contributed by atoms with Gasteiger partial charge in [-0.05, 0) is 45.0 Å². The molecule has 0 saturated carbocycles. The van der Waals surface area contributed by atoms with E-state index in [2.05, 4.69) is 32.9 Å². The van der Waals surface area contributed by atoms with Crippen LogP contribution in [0.15, 0.2) is 34.6 Å². The van der Waals surface area contributed by atoms with Crippen LogP contribution in [0.2, 0.25) is 0 Å². The highest BCUT2D eigenvalue weighted by Gasteiger charge is 2.05. The first-order valence-corrected chi connectivity index (χ1v) is 9.72. The number of nitrogens with one attached hydrogen (secondary N) is 2. The number of hydrogen-bond acceptors (Lipinski definition) is 5. The molecular formula is C19H28N4O2S. The molecular weight excluding hydrogens is 348 g/mol. The minimum atomic E-state index is -0.0277. The van der Waals surface area contributed by atoms with Crippen molar-refractivity contribution in [3.05, 3.63) is 40.3 Å². The molecule has 0 spiro atoms. The van der Waals surface area contributed by atoms with Gasteiger partial charge in [0.15, 0.2) is 5.96 Å².